The van der Waals surface area contributed by atoms with E-state index in [4.69, 9.17) is 11.6 Å². The first-order chi connectivity index (χ1) is 11.1. The zero-order valence-electron chi connectivity index (χ0n) is 14.0. The van der Waals surface area contributed by atoms with E-state index < -0.39 is 0 Å². The van der Waals surface area contributed by atoms with E-state index in [1.165, 1.54) is 5.56 Å². The van der Waals surface area contributed by atoms with Crippen LogP contribution < -0.4 is 5.32 Å². The van der Waals surface area contributed by atoms with Crippen LogP contribution in [0.5, 0.6) is 0 Å². The summed E-state index contributed by atoms with van der Waals surface area (Å²) >= 11 is 6.22. The first kappa shape index (κ1) is 17.3. The molecule has 0 aliphatic heterocycles. The number of nitrogens with zero attached hydrogens (tertiary/aromatic N) is 4. The molecule has 1 aromatic carbocycles. The summed E-state index contributed by atoms with van der Waals surface area (Å²) < 4.78 is 1.97. The van der Waals surface area contributed by atoms with Crippen molar-refractivity contribution in [2.45, 2.75) is 26.4 Å². The number of hydrogen-bond acceptors (Lipinski definition) is 2. The van der Waals surface area contributed by atoms with Crippen LogP contribution >= 0.6 is 11.6 Å². The first-order valence-electron chi connectivity index (χ1n) is 7.74. The third-order valence-electron chi connectivity index (χ3n) is 3.55. The number of nitrogens with one attached hydrogen (secondary N) is 1. The minimum Gasteiger partial charge on any atom is -0.356 e. The van der Waals surface area contributed by atoms with E-state index in [-0.39, 0.29) is 0 Å². The van der Waals surface area contributed by atoms with Crippen LogP contribution in [0.4, 0.5) is 0 Å². The molecule has 1 N–H and O–H groups in total. The molecule has 0 radical (unpaired) electrons. The Hall–Kier alpha value is -2.01. The zero-order chi connectivity index (χ0) is 16.7. The van der Waals surface area contributed by atoms with Gasteiger partial charge in [0.05, 0.1) is 6.20 Å². The summed E-state index contributed by atoms with van der Waals surface area (Å²) in [7, 11) is 3.80. The lowest BCUT2D eigenvalue weighted by Crippen LogP contribution is -2.39. The highest BCUT2D eigenvalue weighted by Gasteiger charge is 2.08. The summed E-state index contributed by atoms with van der Waals surface area (Å²) in [6, 6.07) is 7.88. The summed E-state index contributed by atoms with van der Waals surface area (Å²) in [5, 5.41) is 8.45. The maximum atomic E-state index is 6.22. The van der Waals surface area contributed by atoms with Gasteiger partial charge in [0.15, 0.2) is 5.96 Å². The van der Waals surface area contributed by atoms with Crippen molar-refractivity contribution in [3.63, 3.8) is 0 Å². The van der Waals surface area contributed by atoms with Crippen LogP contribution in [-0.4, -0.2) is 41.3 Å². The van der Waals surface area contributed by atoms with Gasteiger partial charge in [0.2, 0.25) is 0 Å². The van der Waals surface area contributed by atoms with Gasteiger partial charge in [0.1, 0.15) is 0 Å². The molecule has 0 aliphatic carbocycles. The summed E-state index contributed by atoms with van der Waals surface area (Å²) in [5.74, 6) is 0.863. The fourth-order valence-electron chi connectivity index (χ4n) is 2.37. The van der Waals surface area contributed by atoms with E-state index in [0.717, 1.165) is 42.6 Å². The van der Waals surface area contributed by atoms with Crippen molar-refractivity contribution >= 4 is 17.6 Å². The number of aryl methyl sites for hydroxylation is 2. The second kappa shape index (κ2) is 8.58. The minimum atomic E-state index is 0.720. The highest BCUT2D eigenvalue weighted by Crippen LogP contribution is 2.16. The van der Waals surface area contributed by atoms with Crippen molar-refractivity contribution in [3.8, 4) is 0 Å². The Labute approximate surface area is 143 Å². The molecule has 2 aromatic rings. The highest BCUT2D eigenvalue weighted by atomic mass is 35.5. The molecule has 0 unspecified atom stereocenters. The van der Waals surface area contributed by atoms with Crippen LogP contribution in [0.2, 0.25) is 5.02 Å². The predicted octanol–water partition coefficient (Wildman–Crippen LogP) is 2.94. The van der Waals surface area contributed by atoms with Gasteiger partial charge in [-0.1, -0.05) is 29.8 Å². The number of hydrogen-bond donors (Lipinski definition) is 1. The fourth-order valence-corrected chi connectivity index (χ4v) is 2.57. The lowest BCUT2D eigenvalue weighted by Gasteiger charge is -2.22. The van der Waals surface area contributed by atoms with Crippen LogP contribution in [0.25, 0.3) is 0 Å². The van der Waals surface area contributed by atoms with Crippen molar-refractivity contribution in [3.05, 3.63) is 52.8 Å². The molecule has 6 heteroatoms. The Bertz CT molecular complexity index is 650. The quantitative estimate of drug-likeness (QED) is 0.502. The van der Waals surface area contributed by atoms with Crippen LogP contribution in [0.3, 0.4) is 0 Å². The van der Waals surface area contributed by atoms with Gasteiger partial charge in [-0.25, -0.2) is 0 Å². The van der Waals surface area contributed by atoms with Gasteiger partial charge in [-0.2, -0.15) is 5.10 Å². The number of aliphatic imine (C=N–C) groups is 1. The van der Waals surface area contributed by atoms with E-state index >= 15 is 0 Å². The maximum absolute atomic E-state index is 6.22. The molecule has 0 saturated carbocycles. The highest BCUT2D eigenvalue weighted by molar-refractivity contribution is 6.31. The standard InChI is InChI=1S/C17H24ClN5/c1-14-11-21-23(12-14)10-6-9-20-17(19-2)22(3)13-15-7-4-5-8-16(15)18/h4-5,7-8,11-12H,6,9-10,13H2,1-3H3,(H,19,20). The number of halogens is 1. The van der Waals surface area contributed by atoms with Crippen LogP contribution in [0.1, 0.15) is 17.5 Å². The Morgan fingerprint density at radius 1 is 1.39 bits per heavy atom. The van der Waals surface area contributed by atoms with Gasteiger partial charge in [0, 0.05) is 44.9 Å². The van der Waals surface area contributed by atoms with Crippen molar-refractivity contribution in [2.75, 3.05) is 20.6 Å². The molecular weight excluding hydrogens is 310 g/mol. The molecule has 1 aromatic heterocycles. The van der Waals surface area contributed by atoms with E-state index in [0.29, 0.717) is 0 Å². The van der Waals surface area contributed by atoms with Gasteiger partial charge in [0.25, 0.3) is 0 Å². The van der Waals surface area contributed by atoms with Gasteiger partial charge >= 0.3 is 0 Å². The van der Waals surface area contributed by atoms with Gasteiger partial charge in [-0.15, -0.1) is 0 Å². The Balaban J connectivity index is 1.79. The van der Waals surface area contributed by atoms with Crippen LogP contribution in [0, 0.1) is 6.92 Å². The van der Waals surface area contributed by atoms with Crippen molar-refractivity contribution in [1.82, 2.24) is 20.0 Å². The molecule has 0 amide bonds. The van der Waals surface area contributed by atoms with Gasteiger partial charge in [-0.3, -0.25) is 9.67 Å². The number of benzene rings is 1. The molecule has 124 valence electrons. The van der Waals surface area contributed by atoms with E-state index in [9.17, 15) is 0 Å². The van der Waals surface area contributed by atoms with E-state index in [1.807, 2.05) is 49.1 Å². The monoisotopic (exact) mass is 333 g/mol. The minimum absolute atomic E-state index is 0.720. The molecule has 0 spiro atoms. The predicted molar refractivity (Wildman–Crippen MR) is 95.9 cm³/mol. The Morgan fingerprint density at radius 3 is 2.83 bits per heavy atom. The molecule has 0 atom stereocenters. The smallest absolute Gasteiger partial charge is 0.193 e. The fraction of sp³-hybridized carbons (Fsp3) is 0.412. The average Bonchev–Trinajstić information content (AvgIpc) is 2.95. The van der Waals surface area contributed by atoms with Gasteiger partial charge < -0.3 is 10.2 Å². The largest absolute Gasteiger partial charge is 0.356 e. The molecular formula is C17H24ClN5. The second-order valence-electron chi connectivity index (χ2n) is 5.56. The topological polar surface area (TPSA) is 45.5 Å². The molecule has 0 fully saturated rings. The third kappa shape index (κ3) is 5.28. The Morgan fingerprint density at radius 2 is 2.17 bits per heavy atom. The normalized spacial score (nSPS) is 11.6. The molecule has 1 heterocycles. The number of aromatic nitrogens is 2. The zero-order valence-corrected chi connectivity index (χ0v) is 14.7. The van der Waals surface area contributed by atoms with Crippen molar-refractivity contribution in [2.24, 2.45) is 4.99 Å². The lowest BCUT2D eigenvalue weighted by atomic mass is 10.2. The van der Waals surface area contributed by atoms with Crippen molar-refractivity contribution in [1.29, 1.82) is 0 Å². The van der Waals surface area contributed by atoms with E-state index in [2.05, 4.69) is 26.5 Å². The van der Waals surface area contributed by atoms with Gasteiger partial charge in [-0.05, 0) is 30.5 Å². The van der Waals surface area contributed by atoms with Crippen LogP contribution in [0.15, 0.2) is 41.7 Å². The molecule has 0 saturated heterocycles. The number of guanidine groups is 1. The molecule has 0 aliphatic rings. The third-order valence-corrected chi connectivity index (χ3v) is 3.92. The summed E-state index contributed by atoms with van der Waals surface area (Å²) in [6.45, 7) is 4.51. The molecule has 23 heavy (non-hydrogen) atoms. The molecule has 5 nitrogen and oxygen atoms in total. The maximum Gasteiger partial charge on any atom is 0.193 e. The van der Waals surface area contributed by atoms with E-state index in [1.54, 1.807) is 7.05 Å². The molecule has 0 bridgehead atoms. The second-order valence-corrected chi connectivity index (χ2v) is 5.96. The first-order valence-corrected chi connectivity index (χ1v) is 8.12. The Kier molecular flexibility index (Phi) is 6.47. The molecule has 2 rings (SSSR count). The summed E-state index contributed by atoms with van der Waals surface area (Å²) in [5.41, 5.74) is 2.28. The SMILES string of the molecule is CN=C(NCCCn1cc(C)cn1)N(C)Cc1ccccc1Cl. The summed E-state index contributed by atoms with van der Waals surface area (Å²) in [4.78, 5) is 6.40. The van der Waals surface area contributed by atoms with Crippen LogP contribution in [-0.2, 0) is 13.1 Å². The number of rotatable bonds is 6. The average molecular weight is 334 g/mol. The summed E-state index contributed by atoms with van der Waals surface area (Å²) in [6.07, 6.45) is 4.92. The van der Waals surface area contributed by atoms with Crippen molar-refractivity contribution < 1.29 is 0 Å². The lowest BCUT2D eigenvalue weighted by molar-refractivity contribution is 0.471.